The van der Waals surface area contributed by atoms with Crippen molar-refractivity contribution >= 4 is 23.5 Å². The molecule has 0 bridgehead atoms. The van der Waals surface area contributed by atoms with Gasteiger partial charge in [0.2, 0.25) is 0 Å². The first-order valence-corrected chi connectivity index (χ1v) is 11.1. The quantitative estimate of drug-likeness (QED) is 0.301. The van der Waals surface area contributed by atoms with Crippen LogP contribution in [0.15, 0.2) is 59.0 Å². The topological polar surface area (TPSA) is 59.9 Å². The monoisotopic (exact) mass is 476 g/mol. The summed E-state index contributed by atoms with van der Waals surface area (Å²) < 4.78 is 49.7. The lowest BCUT2D eigenvalue weighted by Gasteiger charge is -2.13. The van der Waals surface area contributed by atoms with Crippen molar-refractivity contribution in [3.8, 4) is 11.5 Å². The Labute approximate surface area is 193 Å². The highest BCUT2D eigenvalue weighted by molar-refractivity contribution is 7.10. The molecule has 0 spiro atoms. The number of ether oxygens (including phenoxy) is 2. The lowest BCUT2D eigenvalue weighted by molar-refractivity contribution is -0.137. The smallest absolute Gasteiger partial charge is 0.416 e. The van der Waals surface area contributed by atoms with Crippen LogP contribution in [-0.4, -0.2) is 19.2 Å². The number of carbonyl (C=O) groups is 1. The van der Waals surface area contributed by atoms with E-state index in [-0.39, 0.29) is 12.5 Å². The predicted molar refractivity (Wildman–Crippen MR) is 122 cm³/mol. The van der Waals surface area contributed by atoms with Crippen LogP contribution in [-0.2, 0) is 19.2 Å². The van der Waals surface area contributed by atoms with Gasteiger partial charge in [-0.05, 0) is 53.9 Å². The summed E-state index contributed by atoms with van der Waals surface area (Å²) in [5.74, 6) is 0.455. The van der Waals surface area contributed by atoms with Gasteiger partial charge in [0.1, 0.15) is 6.61 Å². The van der Waals surface area contributed by atoms with Crippen molar-refractivity contribution in [2.75, 3.05) is 7.11 Å². The zero-order valence-electron chi connectivity index (χ0n) is 18.1. The van der Waals surface area contributed by atoms with E-state index in [9.17, 15) is 18.0 Å². The molecule has 33 heavy (non-hydrogen) atoms. The number of hydrogen-bond acceptors (Lipinski definition) is 5. The number of hydrazone groups is 1. The molecule has 1 heterocycles. The average Bonchev–Trinajstić information content (AvgIpc) is 3.26. The second kappa shape index (κ2) is 11.0. The van der Waals surface area contributed by atoms with Crippen molar-refractivity contribution in [2.45, 2.75) is 32.5 Å². The van der Waals surface area contributed by atoms with Crippen LogP contribution < -0.4 is 14.9 Å². The number of aryl methyl sites for hydroxylation is 1. The minimum absolute atomic E-state index is 0.0736. The van der Waals surface area contributed by atoms with Gasteiger partial charge in [0.05, 0.1) is 24.5 Å². The molecule has 5 nitrogen and oxygen atoms in total. The van der Waals surface area contributed by atoms with Crippen LogP contribution in [0.4, 0.5) is 13.2 Å². The van der Waals surface area contributed by atoms with E-state index in [2.05, 4.69) is 17.5 Å². The minimum Gasteiger partial charge on any atom is -0.493 e. The number of thiophene rings is 1. The fourth-order valence-corrected chi connectivity index (χ4v) is 3.96. The SMILES string of the molecule is CCCc1cc(C(=O)NN=Cc2ccc(OC)c(OCc3cccc(C(F)(F)F)c3)c2)cs1. The summed E-state index contributed by atoms with van der Waals surface area (Å²) in [4.78, 5) is 13.4. The van der Waals surface area contributed by atoms with E-state index in [0.29, 0.717) is 28.2 Å². The highest BCUT2D eigenvalue weighted by Gasteiger charge is 2.30. The highest BCUT2D eigenvalue weighted by Crippen LogP contribution is 2.31. The van der Waals surface area contributed by atoms with E-state index in [4.69, 9.17) is 9.47 Å². The second-order valence-corrected chi connectivity index (χ2v) is 8.14. The largest absolute Gasteiger partial charge is 0.493 e. The minimum atomic E-state index is -4.42. The van der Waals surface area contributed by atoms with Gasteiger partial charge >= 0.3 is 6.18 Å². The molecule has 0 atom stereocenters. The molecule has 1 N–H and O–H groups in total. The Morgan fingerprint density at radius 2 is 1.97 bits per heavy atom. The van der Waals surface area contributed by atoms with Crippen LogP contribution >= 0.6 is 11.3 Å². The summed E-state index contributed by atoms with van der Waals surface area (Å²) in [5, 5.41) is 5.78. The highest BCUT2D eigenvalue weighted by atomic mass is 32.1. The number of hydrogen-bond donors (Lipinski definition) is 1. The van der Waals surface area contributed by atoms with Crippen molar-refractivity contribution in [2.24, 2.45) is 5.10 Å². The van der Waals surface area contributed by atoms with Gasteiger partial charge in [0.15, 0.2) is 11.5 Å². The number of carbonyl (C=O) groups excluding carboxylic acids is 1. The number of amides is 1. The van der Waals surface area contributed by atoms with Crippen molar-refractivity contribution in [3.05, 3.63) is 81.0 Å². The molecular formula is C24H23F3N2O3S. The summed E-state index contributed by atoms with van der Waals surface area (Å²) in [5.41, 5.74) is 3.30. The Bertz CT molecular complexity index is 1130. The van der Waals surface area contributed by atoms with Gasteiger partial charge in [-0.25, -0.2) is 5.43 Å². The third-order valence-electron chi connectivity index (χ3n) is 4.63. The Morgan fingerprint density at radius 1 is 1.15 bits per heavy atom. The van der Waals surface area contributed by atoms with Crippen LogP contribution in [0.2, 0.25) is 0 Å². The van der Waals surface area contributed by atoms with Crippen LogP contribution in [0.25, 0.3) is 0 Å². The number of benzene rings is 2. The molecule has 0 aliphatic rings. The third-order valence-corrected chi connectivity index (χ3v) is 5.62. The molecule has 174 valence electrons. The molecule has 2 aromatic carbocycles. The van der Waals surface area contributed by atoms with Crippen LogP contribution in [0.5, 0.6) is 11.5 Å². The maximum atomic E-state index is 12.9. The van der Waals surface area contributed by atoms with Crippen molar-refractivity contribution < 1.29 is 27.4 Å². The first-order valence-electron chi connectivity index (χ1n) is 10.2. The molecule has 0 saturated carbocycles. The molecule has 0 radical (unpaired) electrons. The zero-order chi connectivity index (χ0) is 23.8. The lowest BCUT2D eigenvalue weighted by Crippen LogP contribution is -2.16. The van der Waals surface area contributed by atoms with Crippen LogP contribution in [0, 0.1) is 0 Å². The maximum absolute atomic E-state index is 12.9. The predicted octanol–water partition coefficient (Wildman–Crippen LogP) is 6.07. The molecule has 9 heteroatoms. The van der Waals surface area contributed by atoms with Gasteiger partial charge in [0.25, 0.3) is 5.91 Å². The van der Waals surface area contributed by atoms with Gasteiger partial charge in [-0.2, -0.15) is 18.3 Å². The lowest BCUT2D eigenvalue weighted by atomic mass is 10.1. The Morgan fingerprint density at radius 3 is 2.70 bits per heavy atom. The molecule has 0 unspecified atom stereocenters. The molecular weight excluding hydrogens is 453 g/mol. The number of rotatable bonds is 9. The Hall–Kier alpha value is -3.33. The van der Waals surface area contributed by atoms with E-state index in [1.165, 1.54) is 30.7 Å². The summed E-state index contributed by atoms with van der Waals surface area (Å²) in [6.07, 6.45) is -1.03. The summed E-state index contributed by atoms with van der Waals surface area (Å²) >= 11 is 1.54. The molecule has 3 aromatic rings. The number of halogens is 3. The number of nitrogens with zero attached hydrogens (tertiary/aromatic N) is 1. The summed E-state index contributed by atoms with van der Waals surface area (Å²) in [7, 11) is 1.47. The molecule has 0 aliphatic heterocycles. The molecule has 0 fully saturated rings. The number of nitrogens with one attached hydrogen (secondary N) is 1. The number of methoxy groups -OCH3 is 1. The first kappa shape index (κ1) is 24.3. The second-order valence-electron chi connectivity index (χ2n) is 7.15. The van der Waals surface area contributed by atoms with E-state index in [0.717, 1.165) is 29.9 Å². The maximum Gasteiger partial charge on any atom is 0.416 e. The fraction of sp³-hybridized carbons (Fsp3) is 0.250. The van der Waals surface area contributed by atoms with Crippen molar-refractivity contribution in [3.63, 3.8) is 0 Å². The average molecular weight is 477 g/mol. The van der Waals surface area contributed by atoms with Crippen LogP contribution in [0.1, 0.15) is 45.3 Å². The van der Waals surface area contributed by atoms with E-state index >= 15 is 0 Å². The third kappa shape index (κ3) is 6.82. The molecule has 3 rings (SSSR count). The molecule has 1 aromatic heterocycles. The van der Waals surface area contributed by atoms with Gasteiger partial charge < -0.3 is 9.47 Å². The molecule has 0 saturated heterocycles. The molecule has 1 amide bonds. The molecule has 0 aliphatic carbocycles. The van der Waals surface area contributed by atoms with Gasteiger partial charge in [-0.15, -0.1) is 11.3 Å². The fourth-order valence-electron chi connectivity index (χ4n) is 2.99. The van der Waals surface area contributed by atoms with Crippen molar-refractivity contribution in [1.82, 2.24) is 5.43 Å². The zero-order valence-corrected chi connectivity index (χ0v) is 18.9. The van der Waals surface area contributed by atoms with E-state index < -0.39 is 11.7 Å². The van der Waals surface area contributed by atoms with E-state index in [1.807, 2.05) is 6.07 Å². The van der Waals surface area contributed by atoms with E-state index in [1.54, 1.807) is 29.6 Å². The first-order chi connectivity index (χ1) is 15.8. The van der Waals surface area contributed by atoms with Crippen molar-refractivity contribution in [1.29, 1.82) is 0 Å². The summed E-state index contributed by atoms with van der Waals surface area (Å²) in [6.45, 7) is 2.01. The van der Waals surface area contributed by atoms with Crippen LogP contribution in [0.3, 0.4) is 0 Å². The standard InChI is InChI=1S/C24H23F3N2O3S/c1-3-5-20-12-18(15-33-20)23(30)29-28-13-16-8-9-21(31-2)22(11-16)32-14-17-6-4-7-19(10-17)24(25,26)27/h4,6-13,15H,3,5,14H2,1-2H3,(H,29,30). The normalized spacial score (nSPS) is 11.5. The van der Waals surface area contributed by atoms with Gasteiger partial charge in [-0.1, -0.05) is 25.5 Å². The Balaban J connectivity index is 1.66. The Kier molecular flexibility index (Phi) is 8.11. The van der Waals surface area contributed by atoms with Gasteiger partial charge in [-0.3, -0.25) is 4.79 Å². The summed E-state index contributed by atoms with van der Waals surface area (Å²) in [6, 6.07) is 11.8. The number of alkyl halides is 3. The van der Waals surface area contributed by atoms with Gasteiger partial charge in [0, 0.05) is 10.3 Å².